The molecule has 1 aliphatic rings. The van der Waals surface area contributed by atoms with Crippen molar-refractivity contribution in [2.24, 2.45) is 13.0 Å². The van der Waals surface area contributed by atoms with Gasteiger partial charge in [-0.05, 0) is 35.9 Å². The Morgan fingerprint density at radius 3 is 2.82 bits per heavy atom. The summed E-state index contributed by atoms with van der Waals surface area (Å²) < 4.78 is 14.6. The molecule has 1 saturated carbocycles. The summed E-state index contributed by atoms with van der Waals surface area (Å²) >= 11 is 0. The molecule has 0 aliphatic heterocycles. The number of halogens is 1. The number of nitrogens with two attached hydrogens (primary N) is 1. The minimum absolute atomic E-state index is 0.0881. The van der Waals surface area contributed by atoms with E-state index in [1.54, 1.807) is 31.6 Å². The fraction of sp³-hybridized carbons (Fsp3) is 0.300. The number of amides is 1. The number of aromatic nitrogens is 3. The summed E-state index contributed by atoms with van der Waals surface area (Å²) in [4.78, 5) is 32.6. The smallest absolute Gasteiger partial charge is 0.250 e. The van der Waals surface area contributed by atoms with Crippen molar-refractivity contribution in [2.75, 3.05) is 11.1 Å². The molecule has 3 N–H and O–H groups in total. The molecule has 1 fully saturated rings. The molecule has 7 nitrogen and oxygen atoms in total. The van der Waals surface area contributed by atoms with Gasteiger partial charge in [-0.1, -0.05) is 6.92 Å². The Balaban J connectivity index is 1.77. The number of nitrogens with one attached hydrogen (secondary N) is 1. The van der Waals surface area contributed by atoms with Gasteiger partial charge in [0.25, 0.3) is 5.56 Å². The van der Waals surface area contributed by atoms with Crippen molar-refractivity contribution in [3.63, 3.8) is 0 Å². The van der Waals surface area contributed by atoms with Crippen LogP contribution < -0.4 is 16.6 Å². The molecule has 3 heterocycles. The second-order valence-electron chi connectivity index (χ2n) is 7.05. The molecule has 0 spiro atoms. The molecule has 1 aliphatic carbocycles. The molecule has 4 rings (SSSR count). The van der Waals surface area contributed by atoms with Crippen LogP contribution in [0.15, 0.2) is 35.4 Å². The molecule has 3 aromatic rings. The van der Waals surface area contributed by atoms with Gasteiger partial charge < -0.3 is 15.6 Å². The highest BCUT2D eigenvalue weighted by Crippen LogP contribution is 2.35. The summed E-state index contributed by atoms with van der Waals surface area (Å²) in [6.45, 7) is 1.97. The molecule has 2 unspecified atom stereocenters. The van der Waals surface area contributed by atoms with Crippen LogP contribution in [0.5, 0.6) is 0 Å². The molecule has 2 atom stereocenters. The maximum atomic E-state index is 13.1. The molecule has 0 bridgehead atoms. The lowest BCUT2D eigenvalue weighted by molar-refractivity contribution is -0.117. The van der Waals surface area contributed by atoms with E-state index in [0.29, 0.717) is 29.1 Å². The number of rotatable bonds is 4. The first kappa shape index (κ1) is 18.1. The number of hydrogen-bond donors (Lipinski definition) is 2. The maximum absolute atomic E-state index is 13.1. The van der Waals surface area contributed by atoms with Crippen molar-refractivity contribution in [2.45, 2.75) is 25.9 Å². The first-order valence-electron chi connectivity index (χ1n) is 9.08. The van der Waals surface area contributed by atoms with E-state index in [1.807, 2.05) is 13.0 Å². The molecular formula is C20H20FN5O2. The standard InChI is InChI=1S/C20H20FN5O2/c1-3-10-6-18(27)26(2)9-14(10)16-4-11-5-17(23-8-13(11)19(22)24-16)25-20(28)12-7-15(12)21/h4-6,8-9,12,15H,3,7H2,1-2H3,(H2,22,24)(H,23,25,28). The fourth-order valence-electron chi connectivity index (χ4n) is 3.23. The van der Waals surface area contributed by atoms with Crippen LogP contribution in [0.1, 0.15) is 18.9 Å². The van der Waals surface area contributed by atoms with Crippen molar-refractivity contribution in [3.05, 3.63) is 46.5 Å². The van der Waals surface area contributed by atoms with E-state index in [-0.39, 0.29) is 17.9 Å². The van der Waals surface area contributed by atoms with Crippen molar-refractivity contribution >= 4 is 28.3 Å². The number of pyridine rings is 3. The number of nitrogens with zero attached hydrogens (tertiary/aromatic N) is 3. The molecule has 0 saturated heterocycles. The van der Waals surface area contributed by atoms with Gasteiger partial charge in [0.05, 0.1) is 11.6 Å². The number of anilines is 2. The van der Waals surface area contributed by atoms with Crippen LogP contribution in [0.4, 0.5) is 16.0 Å². The molecule has 1 amide bonds. The fourth-order valence-corrected chi connectivity index (χ4v) is 3.23. The Hall–Kier alpha value is -3.29. The van der Waals surface area contributed by atoms with Crippen LogP contribution in [0.3, 0.4) is 0 Å². The van der Waals surface area contributed by atoms with E-state index in [2.05, 4.69) is 15.3 Å². The molecule has 8 heteroatoms. The van der Waals surface area contributed by atoms with Crippen molar-refractivity contribution < 1.29 is 9.18 Å². The van der Waals surface area contributed by atoms with Gasteiger partial charge in [-0.15, -0.1) is 0 Å². The van der Waals surface area contributed by atoms with Gasteiger partial charge in [0.2, 0.25) is 5.91 Å². The zero-order valence-corrected chi connectivity index (χ0v) is 15.6. The predicted octanol–water partition coefficient (Wildman–Crippen LogP) is 2.44. The number of nitrogen functional groups attached to an aromatic ring is 1. The number of carbonyl (C=O) groups is 1. The number of carbonyl (C=O) groups excluding carboxylic acids is 1. The Labute approximate surface area is 160 Å². The zero-order chi connectivity index (χ0) is 20.0. The SMILES string of the molecule is CCc1cc(=O)n(C)cc1-c1cc2cc(NC(=O)C3CC3F)ncc2c(N)n1. The Bertz CT molecular complexity index is 1160. The number of hydrogen-bond acceptors (Lipinski definition) is 5. The van der Waals surface area contributed by atoms with E-state index in [1.165, 1.54) is 4.57 Å². The second-order valence-corrected chi connectivity index (χ2v) is 7.05. The van der Waals surface area contributed by atoms with Gasteiger partial charge in [-0.3, -0.25) is 9.59 Å². The van der Waals surface area contributed by atoms with Gasteiger partial charge >= 0.3 is 0 Å². The van der Waals surface area contributed by atoms with Crippen LogP contribution in [-0.4, -0.2) is 26.6 Å². The first-order valence-corrected chi connectivity index (χ1v) is 9.08. The minimum atomic E-state index is -1.07. The second kappa shape index (κ2) is 6.70. The number of fused-ring (bicyclic) bond motifs is 1. The lowest BCUT2D eigenvalue weighted by Crippen LogP contribution is -2.17. The van der Waals surface area contributed by atoms with Crippen LogP contribution in [0.25, 0.3) is 22.0 Å². The highest BCUT2D eigenvalue weighted by molar-refractivity contribution is 5.98. The van der Waals surface area contributed by atoms with Gasteiger partial charge in [0.15, 0.2) is 0 Å². The van der Waals surface area contributed by atoms with E-state index in [0.717, 1.165) is 16.5 Å². The lowest BCUT2D eigenvalue weighted by Gasteiger charge is -2.12. The number of alkyl halides is 1. The molecular weight excluding hydrogens is 361 g/mol. The molecule has 3 aromatic heterocycles. The quantitative estimate of drug-likeness (QED) is 0.723. The van der Waals surface area contributed by atoms with Gasteiger partial charge in [-0.2, -0.15) is 0 Å². The first-order chi connectivity index (χ1) is 13.4. The largest absolute Gasteiger partial charge is 0.383 e. The third-order valence-electron chi connectivity index (χ3n) is 5.02. The van der Waals surface area contributed by atoms with E-state index >= 15 is 0 Å². The monoisotopic (exact) mass is 381 g/mol. The average Bonchev–Trinajstić information content (AvgIpc) is 3.40. The molecule has 144 valence electrons. The minimum Gasteiger partial charge on any atom is -0.383 e. The van der Waals surface area contributed by atoms with E-state index in [4.69, 9.17) is 5.73 Å². The van der Waals surface area contributed by atoms with Crippen molar-refractivity contribution in [3.8, 4) is 11.3 Å². The molecule has 0 radical (unpaired) electrons. The Kier molecular flexibility index (Phi) is 4.33. The topological polar surface area (TPSA) is 103 Å². The summed E-state index contributed by atoms with van der Waals surface area (Å²) in [6.07, 6.45) is 3.15. The van der Waals surface area contributed by atoms with Crippen LogP contribution >= 0.6 is 0 Å². The summed E-state index contributed by atoms with van der Waals surface area (Å²) in [5, 5.41) is 4.05. The summed E-state index contributed by atoms with van der Waals surface area (Å²) in [7, 11) is 1.68. The summed E-state index contributed by atoms with van der Waals surface area (Å²) in [5.74, 6) is -0.314. The van der Waals surface area contributed by atoms with Gasteiger partial charge in [-0.25, -0.2) is 14.4 Å². The number of aryl methyl sites for hydroxylation is 2. The molecule has 0 aromatic carbocycles. The van der Waals surface area contributed by atoms with Crippen LogP contribution in [0.2, 0.25) is 0 Å². The Morgan fingerprint density at radius 2 is 2.14 bits per heavy atom. The van der Waals surface area contributed by atoms with Crippen molar-refractivity contribution in [1.82, 2.24) is 14.5 Å². The van der Waals surface area contributed by atoms with Crippen LogP contribution in [-0.2, 0) is 18.3 Å². The van der Waals surface area contributed by atoms with Gasteiger partial charge in [0, 0.05) is 36.5 Å². The average molecular weight is 381 g/mol. The highest BCUT2D eigenvalue weighted by Gasteiger charge is 2.43. The normalized spacial score (nSPS) is 18.2. The predicted molar refractivity (Wildman–Crippen MR) is 106 cm³/mol. The van der Waals surface area contributed by atoms with Gasteiger partial charge in [0.1, 0.15) is 17.8 Å². The van der Waals surface area contributed by atoms with Crippen LogP contribution in [0, 0.1) is 5.92 Å². The van der Waals surface area contributed by atoms with Crippen molar-refractivity contribution in [1.29, 1.82) is 0 Å². The lowest BCUT2D eigenvalue weighted by atomic mass is 10.0. The third-order valence-corrected chi connectivity index (χ3v) is 5.02. The summed E-state index contributed by atoms with van der Waals surface area (Å²) in [5.41, 5.74) is 8.36. The zero-order valence-electron chi connectivity index (χ0n) is 15.6. The summed E-state index contributed by atoms with van der Waals surface area (Å²) in [6, 6.07) is 5.13. The highest BCUT2D eigenvalue weighted by atomic mass is 19.1. The van der Waals surface area contributed by atoms with E-state index < -0.39 is 12.1 Å². The maximum Gasteiger partial charge on any atom is 0.250 e. The van der Waals surface area contributed by atoms with E-state index in [9.17, 15) is 14.0 Å². The molecule has 28 heavy (non-hydrogen) atoms. The Morgan fingerprint density at radius 1 is 1.39 bits per heavy atom. The third kappa shape index (κ3) is 3.21.